The van der Waals surface area contributed by atoms with E-state index in [2.05, 4.69) is 5.32 Å². The Kier molecular flexibility index (Phi) is 3.63. The van der Waals surface area contributed by atoms with E-state index in [0.717, 1.165) is 6.54 Å². The van der Waals surface area contributed by atoms with Crippen LogP contribution in [-0.4, -0.2) is 35.8 Å². The van der Waals surface area contributed by atoms with Gasteiger partial charge in [-0.2, -0.15) is 0 Å². The first kappa shape index (κ1) is 12.6. The Hall–Kier alpha value is -1.86. The SMILES string of the molecule is CC1C(=O)NCCN1Cc1ccc(C(=O)NN)o1. The summed E-state index contributed by atoms with van der Waals surface area (Å²) in [5.74, 6) is 5.36. The Morgan fingerprint density at radius 1 is 1.67 bits per heavy atom. The summed E-state index contributed by atoms with van der Waals surface area (Å²) in [5, 5.41) is 2.79. The highest BCUT2D eigenvalue weighted by Gasteiger charge is 2.26. The van der Waals surface area contributed by atoms with Crippen LogP contribution in [-0.2, 0) is 11.3 Å². The second-order valence-corrected chi connectivity index (χ2v) is 4.18. The van der Waals surface area contributed by atoms with Gasteiger partial charge >= 0.3 is 5.91 Å². The average Bonchev–Trinajstić information content (AvgIpc) is 2.82. The molecule has 2 amide bonds. The monoisotopic (exact) mass is 252 g/mol. The number of hydrogen-bond donors (Lipinski definition) is 3. The number of hydrazine groups is 1. The molecule has 0 aromatic carbocycles. The Morgan fingerprint density at radius 3 is 3.17 bits per heavy atom. The number of piperazine rings is 1. The fraction of sp³-hybridized carbons (Fsp3) is 0.455. The van der Waals surface area contributed by atoms with Gasteiger partial charge in [0.15, 0.2) is 5.76 Å². The van der Waals surface area contributed by atoms with Crippen molar-refractivity contribution in [3.8, 4) is 0 Å². The van der Waals surface area contributed by atoms with Gasteiger partial charge < -0.3 is 9.73 Å². The number of rotatable bonds is 3. The minimum absolute atomic E-state index is 0.00716. The van der Waals surface area contributed by atoms with Gasteiger partial charge in [0.1, 0.15) is 5.76 Å². The predicted octanol–water partition coefficient (Wildman–Crippen LogP) is -0.797. The molecule has 1 aliphatic heterocycles. The fourth-order valence-corrected chi connectivity index (χ4v) is 1.90. The summed E-state index contributed by atoms with van der Waals surface area (Å²) in [6.45, 7) is 3.71. The molecule has 18 heavy (non-hydrogen) atoms. The molecule has 2 rings (SSSR count). The largest absolute Gasteiger partial charge is 0.455 e. The number of carbonyl (C=O) groups excluding carboxylic acids is 2. The summed E-state index contributed by atoms with van der Waals surface area (Å²) in [7, 11) is 0. The van der Waals surface area contributed by atoms with Gasteiger partial charge in [-0.3, -0.25) is 19.9 Å². The van der Waals surface area contributed by atoms with Crippen LogP contribution in [0.5, 0.6) is 0 Å². The lowest BCUT2D eigenvalue weighted by Crippen LogP contribution is -2.53. The third-order valence-electron chi connectivity index (χ3n) is 3.00. The number of nitrogens with one attached hydrogen (secondary N) is 2. The number of nitrogens with two attached hydrogens (primary N) is 1. The zero-order valence-electron chi connectivity index (χ0n) is 10.1. The average molecular weight is 252 g/mol. The summed E-state index contributed by atoms with van der Waals surface area (Å²) in [6, 6.07) is 3.08. The van der Waals surface area contributed by atoms with Gasteiger partial charge in [-0.1, -0.05) is 0 Å². The highest BCUT2D eigenvalue weighted by atomic mass is 16.4. The number of nitrogens with zero attached hydrogens (tertiary/aromatic N) is 1. The molecule has 7 nitrogen and oxygen atoms in total. The van der Waals surface area contributed by atoms with Crippen molar-refractivity contribution in [2.75, 3.05) is 13.1 Å². The third kappa shape index (κ3) is 2.52. The Morgan fingerprint density at radius 2 is 2.44 bits per heavy atom. The van der Waals surface area contributed by atoms with E-state index in [0.29, 0.717) is 18.8 Å². The number of amides is 2. The van der Waals surface area contributed by atoms with Gasteiger partial charge in [-0.05, 0) is 19.1 Å². The van der Waals surface area contributed by atoms with Crippen LogP contribution in [0.2, 0.25) is 0 Å². The number of hydrogen-bond acceptors (Lipinski definition) is 5. The maximum atomic E-state index is 11.5. The smallest absolute Gasteiger partial charge is 0.300 e. The van der Waals surface area contributed by atoms with Crippen LogP contribution in [0, 0.1) is 0 Å². The lowest BCUT2D eigenvalue weighted by atomic mass is 10.2. The molecule has 98 valence electrons. The van der Waals surface area contributed by atoms with Crippen molar-refractivity contribution < 1.29 is 14.0 Å². The molecule has 0 aliphatic carbocycles. The zero-order valence-corrected chi connectivity index (χ0v) is 10.1. The molecule has 1 fully saturated rings. The topological polar surface area (TPSA) is 101 Å². The van der Waals surface area contributed by atoms with Crippen molar-refractivity contribution in [1.82, 2.24) is 15.6 Å². The van der Waals surface area contributed by atoms with Crippen LogP contribution in [0.4, 0.5) is 0 Å². The lowest BCUT2D eigenvalue weighted by Gasteiger charge is -2.31. The summed E-state index contributed by atoms with van der Waals surface area (Å²) >= 11 is 0. The Labute approximate surface area is 104 Å². The van der Waals surface area contributed by atoms with Crippen molar-refractivity contribution in [3.63, 3.8) is 0 Å². The molecule has 2 heterocycles. The summed E-state index contributed by atoms with van der Waals surface area (Å²) in [5.41, 5.74) is 2.00. The van der Waals surface area contributed by atoms with Crippen molar-refractivity contribution in [2.45, 2.75) is 19.5 Å². The van der Waals surface area contributed by atoms with Crippen LogP contribution >= 0.6 is 0 Å². The van der Waals surface area contributed by atoms with Gasteiger partial charge in [0.2, 0.25) is 5.91 Å². The normalized spacial score (nSPS) is 20.6. The van der Waals surface area contributed by atoms with E-state index in [1.54, 1.807) is 12.1 Å². The van der Waals surface area contributed by atoms with Crippen LogP contribution in [0.15, 0.2) is 16.5 Å². The second-order valence-electron chi connectivity index (χ2n) is 4.18. The van der Waals surface area contributed by atoms with Crippen LogP contribution < -0.4 is 16.6 Å². The minimum atomic E-state index is -0.467. The number of nitrogen functional groups attached to an aromatic ring is 1. The summed E-state index contributed by atoms with van der Waals surface area (Å²) in [4.78, 5) is 24.7. The molecule has 0 bridgehead atoms. The molecular weight excluding hydrogens is 236 g/mol. The maximum absolute atomic E-state index is 11.5. The molecule has 1 atom stereocenters. The summed E-state index contributed by atoms with van der Waals surface area (Å²) < 4.78 is 5.36. The van der Waals surface area contributed by atoms with E-state index in [1.807, 2.05) is 17.2 Å². The molecular formula is C11H16N4O3. The first-order valence-electron chi connectivity index (χ1n) is 5.73. The van der Waals surface area contributed by atoms with Crippen molar-refractivity contribution in [3.05, 3.63) is 23.7 Å². The molecule has 1 aromatic heterocycles. The molecule has 1 aliphatic rings. The van der Waals surface area contributed by atoms with Crippen molar-refractivity contribution in [2.24, 2.45) is 5.84 Å². The van der Waals surface area contributed by atoms with Crippen molar-refractivity contribution in [1.29, 1.82) is 0 Å². The lowest BCUT2D eigenvalue weighted by molar-refractivity contribution is -0.128. The molecule has 7 heteroatoms. The van der Waals surface area contributed by atoms with Crippen LogP contribution in [0.25, 0.3) is 0 Å². The van der Waals surface area contributed by atoms with Crippen LogP contribution in [0.1, 0.15) is 23.2 Å². The van der Waals surface area contributed by atoms with Gasteiger partial charge in [-0.15, -0.1) is 0 Å². The van der Waals surface area contributed by atoms with Crippen LogP contribution in [0.3, 0.4) is 0 Å². The predicted molar refractivity (Wildman–Crippen MR) is 63.2 cm³/mol. The van der Waals surface area contributed by atoms with E-state index < -0.39 is 5.91 Å². The maximum Gasteiger partial charge on any atom is 0.300 e. The van der Waals surface area contributed by atoms with Gasteiger partial charge in [0.05, 0.1) is 12.6 Å². The first-order chi connectivity index (χ1) is 8.61. The van der Waals surface area contributed by atoms with E-state index in [9.17, 15) is 9.59 Å². The molecule has 1 aromatic rings. The fourth-order valence-electron chi connectivity index (χ4n) is 1.90. The van der Waals surface area contributed by atoms with E-state index in [1.165, 1.54) is 0 Å². The summed E-state index contributed by atoms with van der Waals surface area (Å²) in [6.07, 6.45) is 0. The minimum Gasteiger partial charge on any atom is -0.455 e. The number of carbonyl (C=O) groups is 2. The Bertz CT molecular complexity index is 457. The zero-order chi connectivity index (χ0) is 13.1. The van der Waals surface area contributed by atoms with Gasteiger partial charge in [0.25, 0.3) is 0 Å². The number of furan rings is 1. The quantitative estimate of drug-likeness (QED) is 0.371. The van der Waals surface area contributed by atoms with E-state index in [4.69, 9.17) is 10.3 Å². The highest BCUT2D eigenvalue weighted by molar-refractivity contribution is 5.90. The second kappa shape index (κ2) is 5.19. The molecule has 1 saturated heterocycles. The van der Waals surface area contributed by atoms with E-state index in [-0.39, 0.29) is 17.7 Å². The van der Waals surface area contributed by atoms with E-state index >= 15 is 0 Å². The molecule has 0 spiro atoms. The Balaban J connectivity index is 2.03. The molecule has 1 unspecified atom stereocenters. The highest BCUT2D eigenvalue weighted by Crippen LogP contribution is 2.13. The third-order valence-corrected chi connectivity index (χ3v) is 3.00. The first-order valence-corrected chi connectivity index (χ1v) is 5.73. The molecule has 4 N–H and O–H groups in total. The standard InChI is InChI=1S/C11H16N4O3/c1-7-10(16)13-4-5-15(7)6-8-2-3-9(18-8)11(17)14-12/h2-3,7H,4-6,12H2,1H3,(H,13,16)(H,14,17). The van der Waals surface area contributed by atoms with Crippen molar-refractivity contribution >= 4 is 11.8 Å². The molecule has 0 saturated carbocycles. The van der Waals surface area contributed by atoms with Gasteiger partial charge in [0, 0.05) is 13.1 Å². The van der Waals surface area contributed by atoms with Gasteiger partial charge in [-0.25, -0.2) is 5.84 Å². The molecule has 0 radical (unpaired) electrons.